The molecule has 0 radical (unpaired) electrons. The molecule has 0 unspecified atom stereocenters. The number of nitrogens with zero attached hydrogens (tertiary/aromatic N) is 5. The average molecular weight is 424 g/mol. The number of nitrogens with one attached hydrogen (secondary N) is 1. The fourth-order valence-electron chi connectivity index (χ4n) is 4.42. The summed E-state index contributed by atoms with van der Waals surface area (Å²) in [4.78, 5) is 14.6. The van der Waals surface area contributed by atoms with Crippen molar-refractivity contribution in [3.8, 4) is 0 Å². The Balaban J connectivity index is 1.52. The fraction of sp³-hybridized carbons (Fsp3) is 0.650. The lowest BCUT2D eigenvalue weighted by Gasteiger charge is -2.32. The molecule has 10 heteroatoms. The number of amides is 1. The topological polar surface area (TPSA) is 68.0 Å². The Morgan fingerprint density at radius 2 is 2.17 bits per heavy atom. The van der Waals surface area contributed by atoms with Crippen LogP contribution >= 0.6 is 0 Å². The van der Waals surface area contributed by atoms with Crippen molar-refractivity contribution >= 4 is 11.7 Å². The van der Waals surface area contributed by atoms with Gasteiger partial charge in [-0.2, -0.15) is 23.4 Å². The molecule has 3 atom stereocenters. The molecule has 7 nitrogen and oxygen atoms in total. The number of rotatable bonds is 5. The highest BCUT2D eigenvalue weighted by Crippen LogP contribution is 2.42. The van der Waals surface area contributed by atoms with Crippen molar-refractivity contribution in [1.82, 2.24) is 24.5 Å². The maximum Gasteiger partial charge on any atom is 0.410 e. The van der Waals surface area contributed by atoms with Crippen molar-refractivity contribution in [3.05, 3.63) is 29.7 Å². The average Bonchev–Trinajstić information content (AvgIpc) is 3.42. The minimum atomic E-state index is -4.36. The van der Waals surface area contributed by atoms with E-state index in [4.69, 9.17) is 0 Å². The van der Waals surface area contributed by atoms with Gasteiger partial charge in [0.15, 0.2) is 6.04 Å². The van der Waals surface area contributed by atoms with Crippen LogP contribution in [0.15, 0.2) is 18.5 Å². The number of hydrogen-bond acceptors (Lipinski definition) is 4. The third kappa shape index (κ3) is 4.04. The first-order chi connectivity index (χ1) is 14.3. The summed E-state index contributed by atoms with van der Waals surface area (Å²) < 4.78 is 43.7. The van der Waals surface area contributed by atoms with Gasteiger partial charge in [-0.3, -0.25) is 9.48 Å². The molecule has 2 aliphatic heterocycles. The van der Waals surface area contributed by atoms with Crippen LogP contribution in [-0.4, -0.2) is 49.1 Å². The van der Waals surface area contributed by atoms with Crippen LogP contribution in [0.2, 0.25) is 0 Å². The van der Waals surface area contributed by atoms with Gasteiger partial charge in [-0.1, -0.05) is 6.92 Å². The minimum Gasteiger partial charge on any atom is -0.367 e. The monoisotopic (exact) mass is 424 g/mol. The van der Waals surface area contributed by atoms with Crippen LogP contribution < -0.4 is 5.32 Å². The van der Waals surface area contributed by atoms with Gasteiger partial charge in [0.1, 0.15) is 5.82 Å². The molecule has 0 spiro atoms. The van der Waals surface area contributed by atoms with E-state index in [0.717, 1.165) is 16.7 Å². The number of alkyl halides is 3. The molecular formula is C20H27F3N6O. The summed E-state index contributed by atoms with van der Waals surface area (Å²) in [5.74, 6) is 0.361. The molecule has 0 aliphatic carbocycles. The Bertz CT molecular complexity index is 905. The van der Waals surface area contributed by atoms with Crippen molar-refractivity contribution in [3.63, 3.8) is 0 Å². The first-order valence-electron chi connectivity index (χ1n) is 10.5. The molecule has 30 heavy (non-hydrogen) atoms. The van der Waals surface area contributed by atoms with Crippen molar-refractivity contribution in [1.29, 1.82) is 0 Å². The Morgan fingerprint density at radius 3 is 2.83 bits per heavy atom. The van der Waals surface area contributed by atoms with Gasteiger partial charge in [-0.05, 0) is 38.2 Å². The van der Waals surface area contributed by atoms with Crippen LogP contribution in [0.5, 0.6) is 0 Å². The van der Waals surface area contributed by atoms with Gasteiger partial charge in [0.25, 0.3) is 0 Å². The van der Waals surface area contributed by atoms with Crippen LogP contribution in [0.3, 0.4) is 0 Å². The van der Waals surface area contributed by atoms with Gasteiger partial charge in [0.05, 0.1) is 17.9 Å². The third-order valence-electron chi connectivity index (χ3n) is 6.01. The van der Waals surface area contributed by atoms with E-state index in [-0.39, 0.29) is 24.4 Å². The summed E-state index contributed by atoms with van der Waals surface area (Å²) in [5, 5.41) is 11.7. The normalized spacial score (nSPS) is 24.0. The van der Waals surface area contributed by atoms with Crippen molar-refractivity contribution in [2.75, 3.05) is 11.9 Å². The molecule has 164 valence electrons. The fourth-order valence-corrected chi connectivity index (χ4v) is 4.42. The predicted octanol–water partition coefficient (Wildman–Crippen LogP) is 3.84. The second-order valence-electron chi connectivity index (χ2n) is 8.22. The standard InChI is InChI=1S/C20H27F3N6O/c1-3-14-9-17(20(21,22)23)29-18(25-14)10-15(26-29)16-5-4-7-28(16)19(30)6-8-27-12-13(2)11-24-27/h10-12,14,16-17,25H,3-9H2,1-2H3/t14-,16-,17-/m1/s1. The van der Waals surface area contributed by atoms with Crippen LogP contribution in [0.25, 0.3) is 0 Å². The lowest BCUT2D eigenvalue weighted by Crippen LogP contribution is -2.39. The molecule has 0 aromatic carbocycles. The highest BCUT2D eigenvalue weighted by Gasteiger charge is 2.46. The highest BCUT2D eigenvalue weighted by atomic mass is 19.4. The molecular weight excluding hydrogens is 397 g/mol. The predicted molar refractivity (Wildman–Crippen MR) is 105 cm³/mol. The SMILES string of the molecule is CC[C@@H]1C[C@H](C(F)(F)F)n2nc([C@H]3CCCN3C(=O)CCn3cc(C)cn3)cc2N1. The van der Waals surface area contributed by atoms with Crippen LogP contribution in [0.4, 0.5) is 19.0 Å². The summed E-state index contributed by atoms with van der Waals surface area (Å²) >= 11 is 0. The zero-order valence-corrected chi connectivity index (χ0v) is 17.2. The highest BCUT2D eigenvalue weighted by molar-refractivity contribution is 5.77. The molecule has 1 amide bonds. The zero-order chi connectivity index (χ0) is 21.5. The molecule has 0 bridgehead atoms. The van der Waals surface area contributed by atoms with E-state index in [1.54, 1.807) is 21.8 Å². The first kappa shape index (κ1) is 20.7. The number of fused-ring (bicyclic) bond motifs is 1. The van der Waals surface area contributed by atoms with E-state index in [1.165, 1.54) is 0 Å². The number of anilines is 1. The zero-order valence-electron chi connectivity index (χ0n) is 17.2. The van der Waals surface area contributed by atoms with Crippen LogP contribution in [0, 0.1) is 6.92 Å². The first-order valence-corrected chi connectivity index (χ1v) is 10.5. The second-order valence-corrected chi connectivity index (χ2v) is 8.22. The van der Waals surface area contributed by atoms with Gasteiger partial charge in [-0.15, -0.1) is 0 Å². The number of aromatic nitrogens is 4. The molecule has 1 N–H and O–H groups in total. The molecule has 4 heterocycles. The van der Waals surface area contributed by atoms with Gasteiger partial charge in [-0.25, -0.2) is 4.68 Å². The van der Waals surface area contributed by atoms with E-state index in [0.29, 0.717) is 43.9 Å². The number of carbonyl (C=O) groups is 1. The lowest BCUT2D eigenvalue weighted by atomic mass is 10.0. The third-order valence-corrected chi connectivity index (χ3v) is 6.01. The molecule has 2 aromatic heterocycles. The Hall–Kier alpha value is -2.52. The van der Waals surface area contributed by atoms with Crippen LogP contribution in [-0.2, 0) is 11.3 Å². The van der Waals surface area contributed by atoms with Gasteiger partial charge in [0, 0.05) is 37.8 Å². The largest absolute Gasteiger partial charge is 0.410 e. The molecule has 4 rings (SSSR count). The van der Waals surface area contributed by atoms with Gasteiger partial charge in [0.2, 0.25) is 5.91 Å². The summed E-state index contributed by atoms with van der Waals surface area (Å²) in [6.07, 6.45) is 1.65. The number of halogens is 3. The number of aryl methyl sites for hydroxylation is 2. The maximum atomic E-state index is 13.6. The minimum absolute atomic E-state index is 0.0246. The second kappa shape index (κ2) is 7.96. The molecule has 2 aliphatic rings. The molecule has 1 saturated heterocycles. The lowest BCUT2D eigenvalue weighted by molar-refractivity contribution is -0.173. The summed E-state index contributed by atoms with van der Waals surface area (Å²) in [7, 11) is 0. The van der Waals surface area contributed by atoms with Crippen molar-refractivity contribution < 1.29 is 18.0 Å². The van der Waals surface area contributed by atoms with E-state index in [2.05, 4.69) is 15.5 Å². The summed E-state index contributed by atoms with van der Waals surface area (Å²) in [5.41, 5.74) is 1.56. The molecule has 0 saturated carbocycles. The molecule has 2 aromatic rings. The van der Waals surface area contributed by atoms with Gasteiger partial charge < -0.3 is 10.2 Å². The molecule has 1 fully saturated rings. The van der Waals surface area contributed by atoms with Crippen molar-refractivity contribution in [2.24, 2.45) is 0 Å². The van der Waals surface area contributed by atoms with Crippen LogP contribution in [0.1, 0.15) is 62.4 Å². The van der Waals surface area contributed by atoms with E-state index >= 15 is 0 Å². The smallest absolute Gasteiger partial charge is 0.367 e. The number of carbonyl (C=O) groups excluding carboxylic acids is 1. The van der Waals surface area contributed by atoms with E-state index in [1.807, 2.05) is 20.0 Å². The van der Waals surface area contributed by atoms with E-state index in [9.17, 15) is 18.0 Å². The Labute approximate surface area is 173 Å². The summed E-state index contributed by atoms with van der Waals surface area (Å²) in [6.45, 7) is 4.88. The number of likely N-dealkylation sites (tertiary alicyclic amines) is 1. The van der Waals surface area contributed by atoms with Crippen molar-refractivity contribution in [2.45, 2.75) is 76.8 Å². The quantitative estimate of drug-likeness (QED) is 0.792. The maximum absolute atomic E-state index is 13.6. The Kier molecular flexibility index (Phi) is 5.50. The number of hydrogen-bond donors (Lipinski definition) is 1. The van der Waals surface area contributed by atoms with Gasteiger partial charge >= 0.3 is 6.18 Å². The van der Waals surface area contributed by atoms with E-state index < -0.39 is 12.2 Å². The Morgan fingerprint density at radius 1 is 1.37 bits per heavy atom. The summed E-state index contributed by atoms with van der Waals surface area (Å²) in [6, 6.07) is -0.479.